The molecule has 1 amide bonds. The van der Waals surface area contributed by atoms with Crippen LogP contribution in [0.25, 0.3) is 5.69 Å². The summed E-state index contributed by atoms with van der Waals surface area (Å²) in [6, 6.07) is 9.28. The molecule has 6 nitrogen and oxygen atoms in total. The maximum absolute atomic E-state index is 12.2. The average Bonchev–Trinajstić information content (AvgIpc) is 3.15. The smallest absolute Gasteiger partial charge is 0.251 e. The van der Waals surface area contributed by atoms with Gasteiger partial charge in [-0.2, -0.15) is 5.10 Å². The van der Waals surface area contributed by atoms with Gasteiger partial charge in [-0.25, -0.2) is 4.68 Å². The van der Waals surface area contributed by atoms with Crippen molar-refractivity contribution in [1.82, 2.24) is 20.0 Å². The summed E-state index contributed by atoms with van der Waals surface area (Å²) in [5, 5.41) is 16.6. The fourth-order valence-corrected chi connectivity index (χ4v) is 2.94. The van der Waals surface area contributed by atoms with E-state index in [-0.39, 0.29) is 12.0 Å². The second-order valence-electron chi connectivity index (χ2n) is 6.18. The van der Waals surface area contributed by atoms with Gasteiger partial charge in [0.1, 0.15) is 0 Å². The first-order chi connectivity index (χ1) is 11.7. The number of aromatic nitrogens is 2. The number of benzene rings is 1. The molecule has 24 heavy (non-hydrogen) atoms. The number of likely N-dealkylation sites (tertiary alicyclic amines) is 1. The van der Waals surface area contributed by atoms with Crippen molar-refractivity contribution in [2.75, 3.05) is 26.2 Å². The summed E-state index contributed by atoms with van der Waals surface area (Å²) in [4.78, 5) is 14.5. The maximum Gasteiger partial charge on any atom is 0.251 e. The third kappa shape index (κ3) is 4.43. The molecule has 1 aromatic carbocycles. The number of carbonyl (C=O) groups is 1. The van der Waals surface area contributed by atoms with Crippen LogP contribution in [-0.2, 0) is 0 Å². The van der Waals surface area contributed by atoms with Gasteiger partial charge in [-0.15, -0.1) is 0 Å². The Morgan fingerprint density at radius 3 is 2.67 bits per heavy atom. The van der Waals surface area contributed by atoms with Crippen LogP contribution in [0.2, 0.25) is 0 Å². The highest BCUT2D eigenvalue weighted by atomic mass is 16.3. The summed E-state index contributed by atoms with van der Waals surface area (Å²) in [7, 11) is 0. The summed E-state index contributed by atoms with van der Waals surface area (Å²) >= 11 is 0. The summed E-state index contributed by atoms with van der Waals surface area (Å²) < 4.78 is 1.76. The predicted molar refractivity (Wildman–Crippen MR) is 92.2 cm³/mol. The minimum atomic E-state index is -0.134. The van der Waals surface area contributed by atoms with Crippen LogP contribution in [0.3, 0.4) is 0 Å². The van der Waals surface area contributed by atoms with Gasteiger partial charge in [0.05, 0.1) is 11.8 Å². The van der Waals surface area contributed by atoms with E-state index in [4.69, 9.17) is 0 Å². The van der Waals surface area contributed by atoms with Crippen LogP contribution in [-0.4, -0.2) is 58.0 Å². The van der Waals surface area contributed by atoms with Gasteiger partial charge in [0, 0.05) is 37.6 Å². The van der Waals surface area contributed by atoms with Crippen molar-refractivity contribution in [1.29, 1.82) is 0 Å². The van der Waals surface area contributed by atoms with Crippen molar-refractivity contribution >= 4 is 5.91 Å². The van der Waals surface area contributed by atoms with Gasteiger partial charge in [0.2, 0.25) is 0 Å². The molecule has 1 aliphatic heterocycles. The summed E-state index contributed by atoms with van der Waals surface area (Å²) in [5.74, 6) is -0.0453. The van der Waals surface area contributed by atoms with Gasteiger partial charge in [-0.05, 0) is 56.1 Å². The number of rotatable bonds is 6. The Kier molecular flexibility index (Phi) is 5.61. The highest BCUT2D eigenvalue weighted by molar-refractivity contribution is 5.94. The molecule has 3 rings (SSSR count). The molecule has 1 aliphatic rings. The first-order valence-electron chi connectivity index (χ1n) is 8.51. The van der Waals surface area contributed by atoms with Crippen LogP contribution in [0, 0.1) is 0 Å². The lowest BCUT2D eigenvalue weighted by Crippen LogP contribution is -2.37. The first-order valence-corrected chi connectivity index (χ1v) is 8.51. The number of carbonyl (C=O) groups excluding carboxylic acids is 1. The monoisotopic (exact) mass is 328 g/mol. The number of aliphatic hydroxyl groups is 1. The molecule has 1 aromatic heterocycles. The van der Waals surface area contributed by atoms with E-state index in [1.54, 1.807) is 10.9 Å². The van der Waals surface area contributed by atoms with Crippen LogP contribution >= 0.6 is 0 Å². The fourth-order valence-electron chi connectivity index (χ4n) is 2.94. The molecule has 0 spiro atoms. The lowest BCUT2D eigenvalue weighted by Gasteiger charge is -2.29. The quantitative estimate of drug-likeness (QED) is 0.788. The van der Waals surface area contributed by atoms with Gasteiger partial charge in [-0.1, -0.05) is 0 Å². The zero-order valence-electron chi connectivity index (χ0n) is 13.8. The number of aliphatic hydroxyl groups excluding tert-OH is 1. The van der Waals surface area contributed by atoms with Crippen molar-refractivity contribution in [2.24, 2.45) is 0 Å². The lowest BCUT2D eigenvalue weighted by molar-refractivity contribution is 0.0816. The van der Waals surface area contributed by atoms with Crippen LogP contribution in [0.4, 0.5) is 0 Å². The average molecular weight is 328 g/mol. The molecule has 0 saturated carbocycles. The third-order valence-corrected chi connectivity index (χ3v) is 4.39. The molecule has 2 aromatic rings. The van der Waals surface area contributed by atoms with E-state index in [0.29, 0.717) is 12.1 Å². The molecular weight excluding hydrogens is 304 g/mol. The van der Waals surface area contributed by atoms with Gasteiger partial charge in [0.25, 0.3) is 5.91 Å². The molecule has 128 valence electrons. The normalized spacial score (nSPS) is 16.2. The van der Waals surface area contributed by atoms with E-state index >= 15 is 0 Å². The highest BCUT2D eigenvalue weighted by Crippen LogP contribution is 2.10. The highest BCUT2D eigenvalue weighted by Gasteiger charge is 2.16. The summed E-state index contributed by atoms with van der Waals surface area (Å²) in [6.07, 6.45) is 6.10. The van der Waals surface area contributed by atoms with Crippen LogP contribution in [0.15, 0.2) is 42.7 Å². The van der Waals surface area contributed by atoms with E-state index < -0.39 is 0 Å². The number of nitrogens with one attached hydrogen (secondary N) is 1. The fraction of sp³-hybridized carbons (Fsp3) is 0.444. The summed E-state index contributed by atoms with van der Waals surface area (Å²) in [6.45, 7) is 3.53. The Morgan fingerprint density at radius 1 is 1.25 bits per heavy atom. The molecule has 6 heteroatoms. The zero-order valence-corrected chi connectivity index (χ0v) is 13.8. The minimum Gasteiger partial charge on any atom is -0.393 e. The Hall–Kier alpha value is -2.18. The Bertz CT molecular complexity index is 632. The minimum absolute atomic E-state index is 0.0453. The van der Waals surface area contributed by atoms with Gasteiger partial charge < -0.3 is 15.3 Å². The van der Waals surface area contributed by atoms with Crippen LogP contribution in [0.1, 0.15) is 29.6 Å². The Morgan fingerprint density at radius 2 is 2.00 bits per heavy atom. The van der Waals surface area contributed by atoms with E-state index in [0.717, 1.165) is 44.6 Å². The second kappa shape index (κ2) is 8.08. The van der Waals surface area contributed by atoms with Crippen molar-refractivity contribution in [3.8, 4) is 5.69 Å². The molecule has 0 atom stereocenters. The topological polar surface area (TPSA) is 70.4 Å². The molecule has 0 unspecified atom stereocenters. The van der Waals surface area contributed by atoms with Crippen molar-refractivity contribution in [3.05, 3.63) is 48.3 Å². The standard InChI is InChI=1S/C18H24N4O2/c23-17-7-13-21(14-8-17)11-1-9-19-18(24)15-3-5-16(6-4-15)22-12-2-10-20-22/h2-6,10,12,17,23H,1,7-9,11,13-14H2,(H,19,24). The largest absolute Gasteiger partial charge is 0.393 e. The Labute approximate surface area is 142 Å². The van der Waals surface area contributed by atoms with Crippen molar-refractivity contribution < 1.29 is 9.90 Å². The Balaban J connectivity index is 1.40. The van der Waals surface area contributed by atoms with E-state index in [1.807, 2.05) is 36.5 Å². The van der Waals surface area contributed by atoms with Crippen LogP contribution in [0.5, 0.6) is 0 Å². The predicted octanol–water partition coefficient (Wildman–Crippen LogP) is 1.45. The zero-order chi connectivity index (χ0) is 16.8. The number of piperidine rings is 1. The van der Waals surface area contributed by atoms with Crippen molar-refractivity contribution in [2.45, 2.75) is 25.4 Å². The van der Waals surface area contributed by atoms with E-state index in [1.165, 1.54) is 0 Å². The molecule has 0 bridgehead atoms. The molecule has 1 fully saturated rings. The maximum atomic E-state index is 12.2. The molecular formula is C18H24N4O2. The molecule has 1 saturated heterocycles. The number of hydrogen-bond donors (Lipinski definition) is 2. The molecule has 2 N–H and O–H groups in total. The second-order valence-corrected chi connectivity index (χ2v) is 6.18. The number of hydrogen-bond acceptors (Lipinski definition) is 4. The van der Waals surface area contributed by atoms with E-state index in [2.05, 4.69) is 15.3 Å². The SMILES string of the molecule is O=C(NCCCN1CCC(O)CC1)c1ccc(-n2cccn2)cc1. The third-order valence-electron chi connectivity index (χ3n) is 4.39. The van der Waals surface area contributed by atoms with Crippen molar-refractivity contribution in [3.63, 3.8) is 0 Å². The number of amides is 1. The molecule has 2 heterocycles. The lowest BCUT2D eigenvalue weighted by atomic mass is 10.1. The van der Waals surface area contributed by atoms with Gasteiger partial charge >= 0.3 is 0 Å². The first kappa shape index (κ1) is 16.7. The summed E-state index contributed by atoms with van der Waals surface area (Å²) in [5.41, 5.74) is 1.59. The molecule has 0 radical (unpaired) electrons. The number of nitrogens with zero attached hydrogens (tertiary/aromatic N) is 3. The van der Waals surface area contributed by atoms with Gasteiger partial charge in [-0.3, -0.25) is 4.79 Å². The molecule has 0 aliphatic carbocycles. The van der Waals surface area contributed by atoms with E-state index in [9.17, 15) is 9.90 Å². The van der Waals surface area contributed by atoms with Gasteiger partial charge in [0.15, 0.2) is 0 Å². The van der Waals surface area contributed by atoms with Crippen LogP contribution < -0.4 is 5.32 Å².